The van der Waals surface area contributed by atoms with Crippen LogP contribution < -0.4 is 15.0 Å². The summed E-state index contributed by atoms with van der Waals surface area (Å²) in [7, 11) is 1.63. The van der Waals surface area contributed by atoms with E-state index in [1.54, 1.807) is 7.11 Å². The Balaban J connectivity index is 1.58. The number of benzene rings is 2. The van der Waals surface area contributed by atoms with E-state index in [-0.39, 0.29) is 5.91 Å². The molecule has 0 aliphatic carbocycles. The molecule has 1 aliphatic rings. The number of ether oxygens (including phenoxy) is 1. The molecule has 0 saturated heterocycles. The summed E-state index contributed by atoms with van der Waals surface area (Å²) in [6.07, 6.45) is -0.181. The van der Waals surface area contributed by atoms with Crippen molar-refractivity contribution in [1.82, 2.24) is 0 Å². The molecule has 27 heavy (non-hydrogen) atoms. The van der Waals surface area contributed by atoms with Gasteiger partial charge in [-0.25, -0.2) is 0 Å². The predicted molar refractivity (Wildman–Crippen MR) is 108 cm³/mol. The second-order valence-electron chi connectivity index (χ2n) is 6.27. The molecule has 0 bridgehead atoms. The van der Waals surface area contributed by atoms with Gasteiger partial charge in [0.15, 0.2) is 0 Å². The van der Waals surface area contributed by atoms with Crippen LogP contribution in [0.3, 0.4) is 0 Å². The first kappa shape index (κ1) is 18.8. The highest BCUT2D eigenvalue weighted by Gasteiger charge is 2.29. The molecule has 0 fully saturated rings. The van der Waals surface area contributed by atoms with Gasteiger partial charge < -0.3 is 19.8 Å². The summed E-state index contributed by atoms with van der Waals surface area (Å²) in [6, 6.07) is 15.4. The summed E-state index contributed by atoms with van der Waals surface area (Å²) in [5, 5.41) is 6.97. The van der Waals surface area contributed by atoms with E-state index in [0.29, 0.717) is 6.42 Å². The second-order valence-corrected chi connectivity index (χ2v) is 6.27. The molecule has 2 aromatic carbocycles. The normalized spacial score (nSPS) is 15.7. The number of hydrogen-bond donors (Lipinski definition) is 1. The van der Waals surface area contributed by atoms with Crippen LogP contribution in [0.15, 0.2) is 53.7 Å². The first-order chi connectivity index (χ1) is 13.1. The number of methoxy groups -OCH3 is 1. The lowest BCUT2D eigenvalue weighted by Gasteiger charge is -2.21. The summed E-state index contributed by atoms with van der Waals surface area (Å²) >= 11 is 0. The number of carbonyl (C=O) groups is 1. The van der Waals surface area contributed by atoms with E-state index >= 15 is 0 Å². The van der Waals surface area contributed by atoms with Crippen molar-refractivity contribution in [2.75, 3.05) is 30.4 Å². The fourth-order valence-corrected chi connectivity index (χ4v) is 3.04. The van der Waals surface area contributed by atoms with Crippen LogP contribution in [0.2, 0.25) is 0 Å². The van der Waals surface area contributed by atoms with Crippen molar-refractivity contribution in [3.63, 3.8) is 0 Å². The number of hydrogen-bond acceptors (Lipinski definition) is 5. The lowest BCUT2D eigenvalue weighted by atomic mass is 10.0. The fourth-order valence-electron chi connectivity index (χ4n) is 3.04. The Morgan fingerprint density at radius 2 is 1.81 bits per heavy atom. The van der Waals surface area contributed by atoms with Gasteiger partial charge in [0.05, 0.1) is 12.8 Å². The molecule has 6 nitrogen and oxygen atoms in total. The molecule has 1 unspecified atom stereocenters. The molecule has 6 heteroatoms. The van der Waals surface area contributed by atoms with Crippen LogP contribution in [-0.4, -0.2) is 37.9 Å². The van der Waals surface area contributed by atoms with Crippen molar-refractivity contribution in [1.29, 1.82) is 0 Å². The van der Waals surface area contributed by atoms with Crippen molar-refractivity contribution < 1.29 is 14.4 Å². The van der Waals surface area contributed by atoms with Crippen LogP contribution in [-0.2, 0) is 9.63 Å². The third-order valence-electron chi connectivity index (χ3n) is 4.65. The van der Waals surface area contributed by atoms with E-state index in [0.717, 1.165) is 41.5 Å². The second kappa shape index (κ2) is 8.58. The Morgan fingerprint density at radius 1 is 1.15 bits per heavy atom. The molecule has 1 aliphatic heterocycles. The molecule has 0 spiro atoms. The van der Waals surface area contributed by atoms with E-state index in [1.165, 1.54) is 0 Å². The predicted octanol–water partition coefficient (Wildman–Crippen LogP) is 3.67. The zero-order chi connectivity index (χ0) is 19.2. The van der Waals surface area contributed by atoms with Gasteiger partial charge in [-0.15, -0.1) is 0 Å². The topological polar surface area (TPSA) is 63.2 Å². The van der Waals surface area contributed by atoms with E-state index in [4.69, 9.17) is 9.57 Å². The van der Waals surface area contributed by atoms with Crippen LogP contribution in [0.25, 0.3) is 0 Å². The summed E-state index contributed by atoms with van der Waals surface area (Å²) in [5.74, 6) is 0.582. The molecule has 2 aromatic rings. The summed E-state index contributed by atoms with van der Waals surface area (Å²) in [6.45, 7) is 6.14. The maximum absolute atomic E-state index is 12.5. The highest BCUT2D eigenvalue weighted by atomic mass is 16.6. The maximum atomic E-state index is 12.5. The smallest absolute Gasteiger partial charge is 0.268 e. The van der Waals surface area contributed by atoms with Gasteiger partial charge in [-0.2, -0.15) is 0 Å². The van der Waals surface area contributed by atoms with Crippen molar-refractivity contribution >= 4 is 23.0 Å². The Morgan fingerprint density at radius 3 is 2.41 bits per heavy atom. The minimum Gasteiger partial charge on any atom is -0.497 e. The molecule has 0 saturated carbocycles. The SMILES string of the molecule is CCN(CC)c1ccc(NC(=O)C2CC(c3ccc(OC)cc3)=NO2)cc1. The van der Waals surface area contributed by atoms with Crippen LogP contribution in [0.4, 0.5) is 11.4 Å². The number of carbonyl (C=O) groups excluding carboxylic acids is 1. The van der Waals surface area contributed by atoms with Gasteiger partial charge in [0.1, 0.15) is 5.75 Å². The molecule has 3 rings (SSSR count). The fraction of sp³-hybridized carbons (Fsp3) is 0.333. The third kappa shape index (κ3) is 4.39. The maximum Gasteiger partial charge on any atom is 0.268 e. The van der Waals surface area contributed by atoms with Gasteiger partial charge in [-0.1, -0.05) is 5.16 Å². The molecular formula is C21H25N3O3. The van der Waals surface area contributed by atoms with Crippen molar-refractivity contribution in [2.24, 2.45) is 5.16 Å². The average Bonchev–Trinajstić information content (AvgIpc) is 3.21. The van der Waals surface area contributed by atoms with Gasteiger partial charge in [0.2, 0.25) is 6.10 Å². The van der Waals surface area contributed by atoms with Gasteiger partial charge in [-0.3, -0.25) is 4.79 Å². The van der Waals surface area contributed by atoms with Crippen LogP contribution in [0.5, 0.6) is 5.75 Å². The minimum atomic E-state index is -0.621. The van der Waals surface area contributed by atoms with E-state index in [2.05, 4.69) is 29.2 Å². The molecule has 1 N–H and O–H groups in total. The van der Waals surface area contributed by atoms with Gasteiger partial charge in [0, 0.05) is 30.9 Å². The zero-order valence-corrected chi connectivity index (χ0v) is 15.9. The Labute approximate surface area is 159 Å². The van der Waals surface area contributed by atoms with Crippen molar-refractivity contribution in [3.05, 3.63) is 54.1 Å². The van der Waals surface area contributed by atoms with E-state index < -0.39 is 6.10 Å². The highest BCUT2D eigenvalue weighted by molar-refractivity contribution is 6.06. The van der Waals surface area contributed by atoms with E-state index in [9.17, 15) is 4.79 Å². The Kier molecular flexibility index (Phi) is 5.96. The van der Waals surface area contributed by atoms with Gasteiger partial charge in [0.25, 0.3) is 5.91 Å². The molecule has 1 amide bonds. The van der Waals surface area contributed by atoms with Gasteiger partial charge in [-0.05, 0) is 67.9 Å². The van der Waals surface area contributed by atoms with Crippen LogP contribution in [0, 0.1) is 0 Å². The highest BCUT2D eigenvalue weighted by Crippen LogP contribution is 2.22. The first-order valence-corrected chi connectivity index (χ1v) is 9.17. The van der Waals surface area contributed by atoms with Gasteiger partial charge >= 0.3 is 0 Å². The number of nitrogens with one attached hydrogen (secondary N) is 1. The number of rotatable bonds is 7. The minimum absolute atomic E-state index is 0.196. The van der Waals surface area contributed by atoms with Crippen LogP contribution >= 0.6 is 0 Å². The number of nitrogens with zero attached hydrogens (tertiary/aromatic N) is 2. The quantitative estimate of drug-likeness (QED) is 0.811. The van der Waals surface area contributed by atoms with Crippen molar-refractivity contribution in [3.8, 4) is 5.75 Å². The zero-order valence-electron chi connectivity index (χ0n) is 15.9. The molecular weight excluding hydrogens is 342 g/mol. The molecule has 0 aromatic heterocycles. The molecule has 1 atom stereocenters. The molecule has 0 radical (unpaired) electrons. The lowest BCUT2D eigenvalue weighted by Crippen LogP contribution is -2.28. The first-order valence-electron chi connectivity index (χ1n) is 9.17. The third-order valence-corrected chi connectivity index (χ3v) is 4.65. The summed E-state index contributed by atoms with van der Waals surface area (Å²) < 4.78 is 5.16. The number of amides is 1. The largest absolute Gasteiger partial charge is 0.497 e. The Bertz CT molecular complexity index is 796. The van der Waals surface area contributed by atoms with Crippen molar-refractivity contribution in [2.45, 2.75) is 26.4 Å². The molecule has 142 valence electrons. The monoisotopic (exact) mass is 367 g/mol. The van der Waals surface area contributed by atoms with Crippen LogP contribution in [0.1, 0.15) is 25.8 Å². The Hall–Kier alpha value is -3.02. The number of oxime groups is 1. The van der Waals surface area contributed by atoms with E-state index in [1.807, 2.05) is 48.5 Å². The summed E-state index contributed by atoms with van der Waals surface area (Å²) in [4.78, 5) is 20.1. The standard InChI is InChI=1S/C21H25N3O3/c1-4-24(5-2)17-10-8-16(9-11-17)22-21(25)20-14-19(23-27-20)15-6-12-18(26-3)13-7-15/h6-13,20H,4-5,14H2,1-3H3,(H,22,25). The lowest BCUT2D eigenvalue weighted by molar-refractivity contribution is -0.125. The molecule has 1 heterocycles. The number of anilines is 2. The summed E-state index contributed by atoms with van der Waals surface area (Å²) in [5.41, 5.74) is 3.57. The average molecular weight is 367 g/mol.